The van der Waals surface area contributed by atoms with Crippen LogP contribution in [0.1, 0.15) is 32.1 Å². The summed E-state index contributed by atoms with van der Waals surface area (Å²) in [5, 5.41) is 15.5. The Bertz CT molecular complexity index is 962. The highest BCUT2D eigenvalue weighted by atomic mass is 16.3. The third kappa shape index (κ3) is 3.83. The van der Waals surface area contributed by atoms with Crippen molar-refractivity contribution < 1.29 is 5.11 Å². The summed E-state index contributed by atoms with van der Waals surface area (Å²) in [4.78, 5) is 17.0. The van der Waals surface area contributed by atoms with E-state index < -0.39 is 11.3 Å². The highest BCUT2D eigenvalue weighted by molar-refractivity contribution is 5.77. The van der Waals surface area contributed by atoms with E-state index >= 15 is 0 Å². The van der Waals surface area contributed by atoms with Gasteiger partial charge in [0.1, 0.15) is 11.4 Å². The number of benzene rings is 2. The first-order valence-electron chi connectivity index (χ1n) is 9.47. The predicted octanol–water partition coefficient (Wildman–Crippen LogP) is 3.67. The molecule has 4 rings (SSSR count). The van der Waals surface area contributed by atoms with Crippen molar-refractivity contribution in [1.29, 1.82) is 0 Å². The molecule has 0 spiro atoms. The third-order valence-corrected chi connectivity index (χ3v) is 5.20. The summed E-state index contributed by atoms with van der Waals surface area (Å²) in [6.07, 6.45) is 4.48. The van der Waals surface area contributed by atoms with Gasteiger partial charge in [-0.2, -0.15) is 10.1 Å². The van der Waals surface area contributed by atoms with Crippen LogP contribution in [0.2, 0.25) is 0 Å². The van der Waals surface area contributed by atoms with Gasteiger partial charge in [0.15, 0.2) is 0 Å². The average Bonchev–Trinajstić information content (AvgIpc) is 2.71. The number of hydrogen-bond acceptors (Lipinski definition) is 4. The molecule has 1 saturated carbocycles. The molecule has 27 heavy (non-hydrogen) atoms. The maximum absolute atomic E-state index is 12.7. The van der Waals surface area contributed by atoms with Gasteiger partial charge >= 0.3 is 5.69 Å². The summed E-state index contributed by atoms with van der Waals surface area (Å²) >= 11 is 0. The molecule has 0 unspecified atom stereocenters. The Morgan fingerprint density at radius 2 is 1.41 bits per heavy atom. The van der Waals surface area contributed by atoms with Gasteiger partial charge in [0.2, 0.25) is 0 Å². The van der Waals surface area contributed by atoms with E-state index in [1.807, 2.05) is 60.7 Å². The minimum absolute atomic E-state index is 0.188. The Morgan fingerprint density at radius 3 is 2.00 bits per heavy atom. The van der Waals surface area contributed by atoms with Gasteiger partial charge in [0.05, 0.1) is 12.1 Å². The van der Waals surface area contributed by atoms with Crippen LogP contribution in [0.15, 0.2) is 65.5 Å². The molecule has 0 bridgehead atoms. The van der Waals surface area contributed by atoms with Crippen LogP contribution in [0.25, 0.3) is 22.5 Å². The summed E-state index contributed by atoms with van der Waals surface area (Å²) in [5.41, 5.74) is 1.67. The van der Waals surface area contributed by atoms with Crippen LogP contribution in [0.5, 0.6) is 0 Å². The Kier molecular flexibility index (Phi) is 4.86. The maximum atomic E-state index is 12.7. The fourth-order valence-corrected chi connectivity index (χ4v) is 3.75. The van der Waals surface area contributed by atoms with Crippen molar-refractivity contribution in [1.82, 2.24) is 14.8 Å². The zero-order valence-corrected chi connectivity index (χ0v) is 15.2. The van der Waals surface area contributed by atoms with Gasteiger partial charge in [0.25, 0.3) is 0 Å². The first kappa shape index (κ1) is 17.6. The molecule has 2 aromatic carbocycles. The van der Waals surface area contributed by atoms with Crippen LogP contribution in [0.3, 0.4) is 0 Å². The molecule has 3 aromatic rings. The second-order valence-electron chi connectivity index (χ2n) is 7.27. The van der Waals surface area contributed by atoms with Gasteiger partial charge in [-0.25, -0.2) is 9.48 Å². The lowest BCUT2D eigenvalue weighted by molar-refractivity contribution is -0.0157. The number of rotatable bonds is 4. The molecule has 1 fully saturated rings. The number of hydrogen-bond donors (Lipinski definition) is 1. The molecular weight excluding hydrogens is 338 g/mol. The van der Waals surface area contributed by atoms with Crippen molar-refractivity contribution >= 4 is 0 Å². The van der Waals surface area contributed by atoms with Crippen LogP contribution in [-0.4, -0.2) is 25.5 Å². The van der Waals surface area contributed by atoms with E-state index in [9.17, 15) is 9.90 Å². The van der Waals surface area contributed by atoms with Crippen LogP contribution < -0.4 is 5.69 Å². The molecule has 138 valence electrons. The largest absolute Gasteiger partial charge is 0.388 e. The van der Waals surface area contributed by atoms with E-state index in [1.54, 1.807) is 0 Å². The highest BCUT2D eigenvalue weighted by Crippen LogP contribution is 2.30. The topological polar surface area (TPSA) is 68.0 Å². The normalized spacial score (nSPS) is 16.2. The van der Waals surface area contributed by atoms with E-state index in [4.69, 9.17) is 0 Å². The third-order valence-electron chi connectivity index (χ3n) is 5.20. The molecule has 1 aliphatic rings. The minimum Gasteiger partial charge on any atom is -0.388 e. The first-order chi connectivity index (χ1) is 13.1. The summed E-state index contributed by atoms with van der Waals surface area (Å²) in [5.74, 6) is 0. The smallest absolute Gasteiger partial charge is 0.364 e. The Morgan fingerprint density at radius 1 is 0.852 bits per heavy atom. The maximum Gasteiger partial charge on any atom is 0.364 e. The van der Waals surface area contributed by atoms with Gasteiger partial charge in [-0.1, -0.05) is 79.9 Å². The van der Waals surface area contributed by atoms with E-state index in [1.165, 1.54) is 4.68 Å². The molecule has 0 amide bonds. The number of aliphatic hydroxyl groups is 1. The summed E-state index contributed by atoms with van der Waals surface area (Å²) in [6.45, 7) is 0.188. The van der Waals surface area contributed by atoms with Crippen molar-refractivity contribution in [2.24, 2.45) is 0 Å². The monoisotopic (exact) mass is 361 g/mol. The molecule has 0 saturated heterocycles. The van der Waals surface area contributed by atoms with Crippen molar-refractivity contribution in [3.05, 3.63) is 71.1 Å². The van der Waals surface area contributed by atoms with E-state index in [0.29, 0.717) is 24.2 Å². The quantitative estimate of drug-likeness (QED) is 0.770. The molecule has 0 aliphatic heterocycles. The molecule has 0 radical (unpaired) electrons. The van der Waals surface area contributed by atoms with Crippen LogP contribution in [0, 0.1) is 0 Å². The number of aromatic nitrogens is 3. The highest BCUT2D eigenvalue weighted by Gasteiger charge is 2.31. The Hall–Kier alpha value is -2.79. The van der Waals surface area contributed by atoms with Crippen molar-refractivity contribution in [3.8, 4) is 22.5 Å². The van der Waals surface area contributed by atoms with Crippen LogP contribution in [0.4, 0.5) is 0 Å². The molecule has 1 aromatic heterocycles. The van der Waals surface area contributed by atoms with E-state index in [-0.39, 0.29) is 6.54 Å². The lowest BCUT2D eigenvalue weighted by Crippen LogP contribution is -2.41. The Balaban J connectivity index is 1.82. The van der Waals surface area contributed by atoms with Gasteiger partial charge in [-0.3, -0.25) is 0 Å². The fraction of sp³-hybridized carbons (Fsp3) is 0.318. The predicted molar refractivity (Wildman–Crippen MR) is 105 cm³/mol. The standard InChI is InChI=1S/C22H23N3O2/c26-21-23-19(17-10-4-1-5-11-17)20(18-12-6-2-7-13-18)24-25(21)16-22(27)14-8-3-9-15-22/h1-2,4-7,10-13,27H,3,8-9,14-16H2. The lowest BCUT2D eigenvalue weighted by atomic mass is 9.85. The van der Waals surface area contributed by atoms with Gasteiger partial charge in [-0.05, 0) is 12.8 Å². The Labute approximate surface area is 158 Å². The van der Waals surface area contributed by atoms with Crippen molar-refractivity contribution in [2.75, 3.05) is 0 Å². The summed E-state index contributed by atoms with van der Waals surface area (Å²) in [7, 11) is 0. The minimum atomic E-state index is -0.876. The van der Waals surface area contributed by atoms with Gasteiger partial charge in [0, 0.05) is 11.1 Å². The molecule has 5 nitrogen and oxygen atoms in total. The average molecular weight is 361 g/mol. The number of nitrogens with zero attached hydrogens (tertiary/aromatic N) is 3. The lowest BCUT2D eigenvalue weighted by Gasteiger charge is -2.31. The zero-order valence-electron chi connectivity index (χ0n) is 15.2. The van der Waals surface area contributed by atoms with E-state index in [2.05, 4.69) is 10.1 Å². The summed E-state index contributed by atoms with van der Waals surface area (Å²) < 4.78 is 1.33. The molecule has 1 N–H and O–H groups in total. The van der Waals surface area contributed by atoms with Crippen molar-refractivity contribution in [2.45, 2.75) is 44.2 Å². The van der Waals surface area contributed by atoms with Crippen LogP contribution >= 0.6 is 0 Å². The van der Waals surface area contributed by atoms with E-state index in [0.717, 1.165) is 30.4 Å². The fourth-order valence-electron chi connectivity index (χ4n) is 3.75. The van der Waals surface area contributed by atoms with Gasteiger partial charge < -0.3 is 5.11 Å². The van der Waals surface area contributed by atoms with Gasteiger partial charge in [-0.15, -0.1) is 0 Å². The SMILES string of the molecule is O=c1nc(-c2ccccc2)c(-c2ccccc2)nn1CC1(O)CCCCC1. The second-order valence-corrected chi connectivity index (χ2v) is 7.27. The molecule has 0 atom stereocenters. The van der Waals surface area contributed by atoms with Crippen molar-refractivity contribution in [3.63, 3.8) is 0 Å². The van der Waals surface area contributed by atoms with Crippen LogP contribution in [-0.2, 0) is 6.54 Å². The molecule has 1 heterocycles. The zero-order chi connectivity index (χ0) is 18.7. The molecule has 5 heteroatoms. The molecular formula is C22H23N3O2. The molecule has 1 aliphatic carbocycles. The summed E-state index contributed by atoms with van der Waals surface area (Å²) in [6, 6.07) is 19.4. The first-order valence-corrected chi connectivity index (χ1v) is 9.47. The second kappa shape index (κ2) is 7.45.